The summed E-state index contributed by atoms with van der Waals surface area (Å²) in [6.45, 7) is 1.59. The molecular formula is C14H20N2O5. The molecule has 0 aromatic heterocycles. The van der Waals surface area contributed by atoms with Crippen LogP contribution in [0.2, 0.25) is 0 Å². The zero-order valence-corrected chi connectivity index (χ0v) is 12.0. The van der Waals surface area contributed by atoms with Crippen molar-refractivity contribution in [1.82, 2.24) is 10.2 Å². The first-order chi connectivity index (χ1) is 9.95. The van der Waals surface area contributed by atoms with Crippen LogP contribution in [0.4, 0.5) is 0 Å². The summed E-state index contributed by atoms with van der Waals surface area (Å²) >= 11 is 0. The third kappa shape index (κ3) is 3.06. The number of hydrogen-bond acceptors (Lipinski definition) is 4. The van der Waals surface area contributed by atoms with Gasteiger partial charge in [0.25, 0.3) is 0 Å². The van der Waals surface area contributed by atoms with Crippen molar-refractivity contribution >= 4 is 23.7 Å². The van der Waals surface area contributed by atoms with Crippen LogP contribution in [0.15, 0.2) is 0 Å². The van der Waals surface area contributed by atoms with Crippen molar-refractivity contribution in [2.75, 3.05) is 6.54 Å². The minimum Gasteiger partial charge on any atom is -0.481 e. The Morgan fingerprint density at radius 1 is 1.24 bits per heavy atom. The van der Waals surface area contributed by atoms with Crippen molar-refractivity contribution in [3.63, 3.8) is 0 Å². The number of aliphatic carboxylic acids is 1. The lowest BCUT2D eigenvalue weighted by molar-refractivity contribution is -0.158. The first kappa shape index (κ1) is 15.5. The molecule has 2 aliphatic rings. The monoisotopic (exact) mass is 296 g/mol. The molecule has 21 heavy (non-hydrogen) atoms. The molecule has 0 radical (unpaired) electrons. The van der Waals surface area contributed by atoms with Crippen LogP contribution in [0.3, 0.4) is 0 Å². The lowest BCUT2D eigenvalue weighted by atomic mass is 9.78. The van der Waals surface area contributed by atoms with Gasteiger partial charge in [0.15, 0.2) is 0 Å². The molecule has 1 aliphatic heterocycles. The fourth-order valence-corrected chi connectivity index (χ4v) is 3.24. The van der Waals surface area contributed by atoms with Gasteiger partial charge in [-0.3, -0.25) is 24.5 Å². The van der Waals surface area contributed by atoms with E-state index in [2.05, 4.69) is 5.32 Å². The molecule has 2 rings (SSSR count). The third-order valence-corrected chi connectivity index (χ3v) is 4.33. The Morgan fingerprint density at radius 3 is 2.43 bits per heavy atom. The summed E-state index contributed by atoms with van der Waals surface area (Å²) in [5, 5.41) is 11.5. The van der Waals surface area contributed by atoms with E-state index in [0.717, 1.165) is 12.8 Å². The van der Waals surface area contributed by atoms with E-state index in [1.807, 2.05) is 0 Å². The fraction of sp³-hybridized carbons (Fsp3) is 0.714. The standard InChI is InChI=1S/C14H20N2O5/c1-2-10-12(18)15-11(17)7-16(10)13(19)8-5-3-4-6-9(8)14(20)21/h8-10H,2-7H2,1H3,(H,20,21)(H,15,17,18). The number of piperazine rings is 1. The van der Waals surface area contributed by atoms with Gasteiger partial charge in [0.2, 0.25) is 17.7 Å². The summed E-state index contributed by atoms with van der Waals surface area (Å²) in [6.07, 6.45) is 2.95. The Morgan fingerprint density at radius 2 is 1.86 bits per heavy atom. The molecule has 1 aliphatic carbocycles. The molecule has 0 spiro atoms. The summed E-state index contributed by atoms with van der Waals surface area (Å²) in [4.78, 5) is 48.5. The predicted molar refractivity (Wildman–Crippen MR) is 72.0 cm³/mol. The van der Waals surface area contributed by atoms with Crippen LogP contribution >= 0.6 is 0 Å². The highest BCUT2D eigenvalue weighted by atomic mass is 16.4. The average Bonchev–Trinajstić information content (AvgIpc) is 2.45. The highest BCUT2D eigenvalue weighted by Crippen LogP contribution is 2.32. The van der Waals surface area contributed by atoms with Gasteiger partial charge in [0, 0.05) is 0 Å². The van der Waals surface area contributed by atoms with Crippen LogP contribution < -0.4 is 5.32 Å². The zero-order chi connectivity index (χ0) is 15.6. The van der Waals surface area contributed by atoms with E-state index in [1.165, 1.54) is 4.90 Å². The van der Waals surface area contributed by atoms with E-state index in [-0.39, 0.29) is 12.5 Å². The van der Waals surface area contributed by atoms with Crippen LogP contribution in [-0.4, -0.2) is 46.3 Å². The Hall–Kier alpha value is -1.92. The topological polar surface area (TPSA) is 104 Å². The zero-order valence-electron chi connectivity index (χ0n) is 12.0. The minimum atomic E-state index is -0.978. The molecule has 7 heteroatoms. The Bertz CT molecular complexity index is 476. The molecule has 3 unspecified atom stereocenters. The number of amides is 3. The molecule has 2 fully saturated rings. The second-order valence-electron chi connectivity index (χ2n) is 5.64. The largest absolute Gasteiger partial charge is 0.481 e. The second-order valence-corrected chi connectivity index (χ2v) is 5.64. The molecule has 0 aromatic carbocycles. The van der Waals surface area contributed by atoms with Gasteiger partial charge < -0.3 is 10.0 Å². The van der Waals surface area contributed by atoms with Crippen molar-refractivity contribution in [1.29, 1.82) is 0 Å². The van der Waals surface area contributed by atoms with Gasteiger partial charge in [-0.15, -0.1) is 0 Å². The van der Waals surface area contributed by atoms with Crippen LogP contribution in [0.5, 0.6) is 0 Å². The summed E-state index contributed by atoms with van der Waals surface area (Å²) < 4.78 is 0. The molecule has 2 N–H and O–H groups in total. The highest BCUT2D eigenvalue weighted by Gasteiger charge is 2.43. The molecule has 116 valence electrons. The number of hydrogen-bond donors (Lipinski definition) is 2. The Kier molecular flexibility index (Phi) is 4.59. The molecule has 0 bridgehead atoms. The molecule has 1 saturated heterocycles. The van der Waals surface area contributed by atoms with E-state index >= 15 is 0 Å². The van der Waals surface area contributed by atoms with Crippen molar-refractivity contribution in [2.45, 2.75) is 45.1 Å². The summed E-state index contributed by atoms with van der Waals surface area (Å²) in [7, 11) is 0. The molecule has 0 aromatic rings. The summed E-state index contributed by atoms with van der Waals surface area (Å²) in [6, 6.07) is -0.688. The molecule has 1 saturated carbocycles. The van der Waals surface area contributed by atoms with E-state index in [0.29, 0.717) is 19.3 Å². The van der Waals surface area contributed by atoms with Crippen molar-refractivity contribution in [3.8, 4) is 0 Å². The quantitative estimate of drug-likeness (QED) is 0.721. The maximum atomic E-state index is 12.7. The van der Waals surface area contributed by atoms with Crippen LogP contribution in [0, 0.1) is 11.8 Å². The lowest BCUT2D eigenvalue weighted by Crippen LogP contribution is -2.61. The van der Waals surface area contributed by atoms with Gasteiger partial charge in [0.1, 0.15) is 12.6 Å². The number of nitrogens with one attached hydrogen (secondary N) is 1. The number of carboxylic acids is 1. The van der Waals surface area contributed by atoms with Gasteiger partial charge in [-0.25, -0.2) is 0 Å². The van der Waals surface area contributed by atoms with Crippen molar-refractivity contribution in [2.24, 2.45) is 11.8 Å². The van der Waals surface area contributed by atoms with Gasteiger partial charge in [-0.2, -0.15) is 0 Å². The average molecular weight is 296 g/mol. The van der Waals surface area contributed by atoms with Gasteiger partial charge in [0.05, 0.1) is 11.8 Å². The number of imide groups is 1. The lowest BCUT2D eigenvalue weighted by Gasteiger charge is -2.38. The maximum Gasteiger partial charge on any atom is 0.307 e. The first-order valence-corrected chi connectivity index (χ1v) is 7.32. The first-order valence-electron chi connectivity index (χ1n) is 7.32. The van der Waals surface area contributed by atoms with E-state index in [1.54, 1.807) is 6.92 Å². The van der Waals surface area contributed by atoms with Crippen LogP contribution in [-0.2, 0) is 19.2 Å². The molecule has 3 amide bonds. The van der Waals surface area contributed by atoms with Gasteiger partial charge >= 0.3 is 5.97 Å². The van der Waals surface area contributed by atoms with E-state index in [9.17, 15) is 24.3 Å². The molecule has 3 atom stereocenters. The van der Waals surface area contributed by atoms with Crippen LogP contribution in [0.1, 0.15) is 39.0 Å². The number of carboxylic acid groups (broad SMARTS) is 1. The number of carbonyl (C=O) groups is 4. The van der Waals surface area contributed by atoms with E-state index < -0.39 is 35.7 Å². The maximum absolute atomic E-state index is 12.7. The molecular weight excluding hydrogens is 276 g/mol. The predicted octanol–water partition coefficient (Wildman–Crippen LogP) is 0.141. The summed E-state index contributed by atoms with van der Waals surface area (Å²) in [5.41, 5.74) is 0. The smallest absolute Gasteiger partial charge is 0.307 e. The molecule has 1 heterocycles. The summed E-state index contributed by atoms with van der Waals surface area (Å²) in [5.74, 6) is -3.70. The number of rotatable bonds is 3. The third-order valence-electron chi connectivity index (χ3n) is 4.33. The van der Waals surface area contributed by atoms with E-state index in [4.69, 9.17) is 0 Å². The van der Waals surface area contributed by atoms with Crippen molar-refractivity contribution in [3.05, 3.63) is 0 Å². The SMILES string of the molecule is CCC1C(=O)NC(=O)CN1C(=O)C1CCCCC1C(=O)O. The van der Waals surface area contributed by atoms with Gasteiger partial charge in [-0.1, -0.05) is 19.8 Å². The minimum absolute atomic E-state index is 0.175. The fourth-order valence-electron chi connectivity index (χ4n) is 3.24. The van der Waals surface area contributed by atoms with Gasteiger partial charge in [-0.05, 0) is 19.3 Å². The Labute approximate surface area is 122 Å². The number of carbonyl (C=O) groups excluding carboxylic acids is 3. The number of nitrogens with zero attached hydrogens (tertiary/aromatic N) is 1. The Balaban J connectivity index is 2.21. The highest BCUT2D eigenvalue weighted by molar-refractivity contribution is 6.04. The normalized spacial score (nSPS) is 30.0. The second kappa shape index (κ2) is 6.24. The van der Waals surface area contributed by atoms with Crippen molar-refractivity contribution < 1.29 is 24.3 Å². The molecule has 7 nitrogen and oxygen atoms in total. The van der Waals surface area contributed by atoms with Crippen LogP contribution in [0.25, 0.3) is 0 Å².